The molecule has 0 aromatic heterocycles. The van der Waals surface area contributed by atoms with E-state index in [2.05, 4.69) is 47.4 Å². The molecule has 6 nitrogen and oxygen atoms in total. The summed E-state index contributed by atoms with van der Waals surface area (Å²) in [7, 11) is 3.54. The molecular weight excluding hydrogens is 326 g/mol. The second kappa shape index (κ2) is 12.3. The fourth-order valence-corrected chi connectivity index (χ4v) is 2.63. The van der Waals surface area contributed by atoms with E-state index in [0.717, 1.165) is 62.8 Å². The Hall–Kier alpha value is -2.08. The largest absolute Gasteiger partial charge is 0.357 e. The van der Waals surface area contributed by atoms with Gasteiger partial charge in [-0.2, -0.15) is 0 Å². The monoisotopic (exact) mass is 361 g/mol. The molecule has 146 valence electrons. The summed E-state index contributed by atoms with van der Waals surface area (Å²) in [5.74, 6) is 0.881. The number of hydrogen-bond acceptors (Lipinski definition) is 3. The van der Waals surface area contributed by atoms with Crippen molar-refractivity contribution >= 4 is 11.9 Å². The Morgan fingerprint density at radius 3 is 2.46 bits per heavy atom. The third-order valence-corrected chi connectivity index (χ3v) is 4.21. The van der Waals surface area contributed by atoms with Gasteiger partial charge < -0.3 is 20.4 Å². The zero-order chi connectivity index (χ0) is 19.4. The van der Waals surface area contributed by atoms with Crippen molar-refractivity contribution < 1.29 is 4.79 Å². The van der Waals surface area contributed by atoms with E-state index in [-0.39, 0.29) is 5.91 Å². The number of amides is 1. The lowest BCUT2D eigenvalue weighted by Gasteiger charge is -2.17. The Bertz CT molecular complexity index is 567. The quantitative estimate of drug-likeness (QED) is 0.493. The first-order valence-electron chi connectivity index (χ1n) is 9.56. The van der Waals surface area contributed by atoms with Crippen molar-refractivity contribution in [2.24, 2.45) is 4.99 Å². The van der Waals surface area contributed by atoms with E-state index in [9.17, 15) is 4.79 Å². The molecule has 26 heavy (non-hydrogen) atoms. The topological polar surface area (TPSA) is 60.0 Å². The minimum atomic E-state index is 0.0334. The number of carbonyl (C=O) groups excluding carboxylic acids is 1. The number of benzene rings is 1. The van der Waals surface area contributed by atoms with Crippen LogP contribution in [0.15, 0.2) is 29.3 Å². The first-order valence-corrected chi connectivity index (χ1v) is 9.56. The van der Waals surface area contributed by atoms with Gasteiger partial charge in [0.25, 0.3) is 5.91 Å². The molecule has 1 aromatic carbocycles. The van der Waals surface area contributed by atoms with E-state index < -0.39 is 0 Å². The zero-order valence-corrected chi connectivity index (χ0v) is 17.0. The molecule has 0 heterocycles. The van der Waals surface area contributed by atoms with Crippen LogP contribution in [0.4, 0.5) is 0 Å². The fourth-order valence-electron chi connectivity index (χ4n) is 2.63. The van der Waals surface area contributed by atoms with Gasteiger partial charge in [-0.3, -0.25) is 9.79 Å². The average molecular weight is 362 g/mol. The van der Waals surface area contributed by atoms with Crippen molar-refractivity contribution in [3.8, 4) is 0 Å². The molecule has 0 spiro atoms. The zero-order valence-electron chi connectivity index (χ0n) is 17.0. The molecule has 0 atom stereocenters. The highest BCUT2D eigenvalue weighted by molar-refractivity contribution is 5.94. The predicted octanol–water partition coefficient (Wildman–Crippen LogP) is 1.83. The standard InChI is InChI=1S/C20H35N5O/c1-6-21-20(23-14-15-25(7-2)8-3)22-13-12-17-10-9-11-18(16-17)19(26)24(4)5/h9-11,16H,6-8,12-15H2,1-5H3,(H2,21,22,23). The highest BCUT2D eigenvalue weighted by Gasteiger charge is 2.08. The number of hydrogen-bond donors (Lipinski definition) is 2. The SMILES string of the molecule is CCNC(=NCCN(CC)CC)NCCc1cccc(C(=O)N(C)C)c1. The average Bonchev–Trinajstić information content (AvgIpc) is 2.64. The van der Waals surface area contributed by atoms with Crippen LogP contribution in [0.25, 0.3) is 0 Å². The van der Waals surface area contributed by atoms with Gasteiger partial charge in [0.05, 0.1) is 6.54 Å². The number of carbonyl (C=O) groups is 1. The van der Waals surface area contributed by atoms with E-state index in [1.165, 1.54) is 0 Å². The van der Waals surface area contributed by atoms with Crippen LogP contribution in [0.2, 0.25) is 0 Å². The number of nitrogens with one attached hydrogen (secondary N) is 2. The van der Waals surface area contributed by atoms with Crippen molar-refractivity contribution in [2.75, 3.05) is 53.4 Å². The van der Waals surface area contributed by atoms with Gasteiger partial charge in [0.15, 0.2) is 5.96 Å². The molecule has 0 radical (unpaired) electrons. The van der Waals surface area contributed by atoms with Crippen molar-refractivity contribution in [3.63, 3.8) is 0 Å². The van der Waals surface area contributed by atoms with Crippen LogP contribution in [-0.4, -0.2) is 75.0 Å². The summed E-state index contributed by atoms with van der Waals surface area (Å²) in [6.45, 7) is 11.9. The van der Waals surface area contributed by atoms with Crippen molar-refractivity contribution in [2.45, 2.75) is 27.2 Å². The minimum absolute atomic E-state index is 0.0334. The summed E-state index contributed by atoms with van der Waals surface area (Å²) in [6, 6.07) is 7.82. The van der Waals surface area contributed by atoms with Crippen LogP contribution in [0.3, 0.4) is 0 Å². The van der Waals surface area contributed by atoms with Gasteiger partial charge in [0, 0.05) is 39.3 Å². The maximum Gasteiger partial charge on any atom is 0.253 e. The predicted molar refractivity (Wildman–Crippen MR) is 110 cm³/mol. The highest BCUT2D eigenvalue weighted by atomic mass is 16.2. The minimum Gasteiger partial charge on any atom is -0.357 e. The summed E-state index contributed by atoms with van der Waals surface area (Å²) in [6.07, 6.45) is 0.842. The molecule has 0 bridgehead atoms. The van der Waals surface area contributed by atoms with Crippen LogP contribution in [0.1, 0.15) is 36.7 Å². The Balaban J connectivity index is 2.54. The Morgan fingerprint density at radius 1 is 1.12 bits per heavy atom. The maximum absolute atomic E-state index is 12.1. The van der Waals surface area contributed by atoms with E-state index in [1.54, 1.807) is 19.0 Å². The molecule has 0 saturated carbocycles. The van der Waals surface area contributed by atoms with Gasteiger partial charge in [-0.15, -0.1) is 0 Å². The molecule has 0 unspecified atom stereocenters. The van der Waals surface area contributed by atoms with Crippen LogP contribution in [-0.2, 0) is 6.42 Å². The van der Waals surface area contributed by atoms with Crippen molar-refractivity contribution in [3.05, 3.63) is 35.4 Å². The third-order valence-electron chi connectivity index (χ3n) is 4.21. The number of guanidine groups is 1. The van der Waals surface area contributed by atoms with Gasteiger partial charge in [0.2, 0.25) is 0 Å². The van der Waals surface area contributed by atoms with Gasteiger partial charge >= 0.3 is 0 Å². The maximum atomic E-state index is 12.1. The van der Waals surface area contributed by atoms with E-state index in [1.807, 2.05) is 18.2 Å². The summed E-state index contributed by atoms with van der Waals surface area (Å²) >= 11 is 0. The molecule has 6 heteroatoms. The van der Waals surface area contributed by atoms with Gasteiger partial charge in [-0.05, 0) is 44.1 Å². The summed E-state index contributed by atoms with van der Waals surface area (Å²) in [4.78, 5) is 20.7. The Kier molecular flexibility index (Phi) is 10.4. The second-order valence-electron chi connectivity index (χ2n) is 6.36. The van der Waals surface area contributed by atoms with Crippen molar-refractivity contribution in [1.82, 2.24) is 20.4 Å². The molecule has 0 fully saturated rings. The van der Waals surface area contributed by atoms with Gasteiger partial charge in [-0.1, -0.05) is 26.0 Å². The highest BCUT2D eigenvalue weighted by Crippen LogP contribution is 2.07. The third kappa shape index (κ3) is 7.87. The van der Waals surface area contributed by atoms with Crippen LogP contribution in [0.5, 0.6) is 0 Å². The smallest absolute Gasteiger partial charge is 0.253 e. The number of likely N-dealkylation sites (N-methyl/N-ethyl adjacent to an activating group) is 1. The molecular formula is C20H35N5O. The lowest BCUT2D eigenvalue weighted by Crippen LogP contribution is -2.39. The van der Waals surface area contributed by atoms with Crippen LogP contribution >= 0.6 is 0 Å². The fraction of sp³-hybridized carbons (Fsp3) is 0.600. The first-order chi connectivity index (χ1) is 12.5. The molecule has 0 aliphatic rings. The van der Waals surface area contributed by atoms with Crippen LogP contribution in [0, 0.1) is 0 Å². The number of nitrogens with zero attached hydrogens (tertiary/aromatic N) is 3. The van der Waals surface area contributed by atoms with Crippen molar-refractivity contribution in [1.29, 1.82) is 0 Å². The molecule has 1 rings (SSSR count). The first kappa shape index (κ1) is 22.0. The van der Waals surface area contributed by atoms with Crippen LogP contribution < -0.4 is 10.6 Å². The Labute approximate surface area is 158 Å². The lowest BCUT2D eigenvalue weighted by atomic mass is 10.1. The van der Waals surface area contributed by atoms with Gasteiger partial charge in [-0.25, -0.2) is 0 Å². The molecule has 1 amide bonds. The lowest BCUT2D eigenvalue weighted by molar-refractivity contribution is 0.0827. The summed E-state index contributed by atoms with van der Waals surface area (Å²) in [5.41, 5.74) is 1.87. The number of aliphatic imine (C=N–C) groups is 1. The number of rotatable bonds is 10. The molecule has 1 aromatic rings. The second-order valence-corrected chi connectivity index (χ2v) is 6.36. The van der Waals surface area contributed by atoms with E-state index in [0.29, 0.717) is 0 Å². The van der Waals surface area contributed by atoms with E-state index >= 15 is 0 Å². The van der Waals surface area contributed by atoms with Gasteiger partial charge in [0.1, 0.15) is 0 Å². The Morgan fingerprint density at radius 2 is 1.85 bits per heavy atom. The normalized spacial score (nSPS) is 11.5. The summed E-state index contributed by atoms with van der Waals surface area (Å²) < 4.78 is 0. The molecule has 0 aliphatic heterocycles. The van der Waals surface area contributed by atoms with E-state index in [4.69, 9.17) is 0 Å². The molecule has 0 aliphatic carbocycles. The molecule has 2 N–H and O–H groups in total. The molecule has 0 saturated heterocycles. The summed E-state index contributed by atoms with van der Waals surface area (Å²) in [5, 5.41) is 6.66.